The van der Waals surface area contributed by atoms with Gasteiger partial charge in [0.2, 0.25) is 11.8 Å². The third kappa shape index (κ3) is 4.07. The highest BCUT2D eigenvalue weighted by molar-refractivity contribution is 6.06. The molecule has 9 nitrogen and oxygen atoms in total. The highest BCUT2D eigenvalue weighted by Gasteiger charge is 2.47. The van der Waals surface area contributed by atoms with E-state index >= 15 is 0 Å². The molecule has 4 heterocycles. The van der Waals surface area contributed by atoms with Gasteiger partial charge in [-0.15, -0.1) is 0 Å². The molecule has 1 unspecified atom stereocenters. The average molecular weight is 503 g/mol. The fourth-order valence-electron chi connectivity index (χ4n) is 6.28. The van der Waals surface area contributed by atoms with E-state index in [1.807, 2.05) is 29.2 Å². The van der Waals surface area contributed by atoms with Crippen molar-refractivity contribution >= 4 is 29.3 Å². The first-order valence-corrected chi connectivity index (χ1v) is 12.9. The Balaban J connectivity index is 1.10. The van der Waals surface area contributed by atoms with E-state index in [0.717, 1.165) is 42.7 Å². The number of nitrogens with zero attached hydrogens (tertiary/aromatic N) is 3. The molecule has 0 aromatic heterocycles. The zero-order chi connectivity index (χ0) is 25.7. The number of imide groups is 1. The van der Waals surface area contributed by atoms with Crippen molar-refractivity contribution in [3.63, 3.8) is 0 Å². The van der Waals surface area contributed by atoms with E-state index in [9.17, 15) is 24.3 Å². The molecular formula is C28H30N4O5. The van der Waals surface area contributed by atoms with Crippen molar-refractivity contribution in [3.05, 3.63) is 64.7 Å². The van der Waals surface area contributed by atoms with Gasteiger partial charge in [-0.25, -0.2) is 0 Å². The topological polar surface area (TPSA) is 110 Å². The van der Waals surface area contributed by atoms with Crippen LogP contribution in [0.3, 0.4) is 0 Å². The minimum atomic E-state index is -0.617. The third-order valence-electron chi connectivity index (χ3n) is 8.42. The van der Waals surface area contributed by atoms with Gasteiger partial charge < -0.3 is 19.8 Å². The van der Waals surface area contributed by atoms with Gasteiger partial charge in [0, 0.05) is 66.9 Å². The number of hydrogen-bond donors (Lipinski definition) is 2. The SMILES string of the molecule is O=C1CCC(N2Cc3c(cccc3N3CC4(CCN(C(=O)c5cccc(CO)c5)CC4)C3)C2=O)C(=O)N1. The fraction of sp³-hybridized carbons (Fsp3) is 0.429. The highest BCUT2D eigenvalue weighted by atomic mass is 16.3. The Morgan fingerprint density at radius 2 is 1.81 bits per heavy atom. The number of carbonyl (C=O) groups excluding carboxylic acids is 4. The molecule has 4 amide bonds. The van der Waals surface area contributed by atoms with Crippen LogP contribution in [0.2, 0.25) is 0 Å². The zero-order valence-corrected chi connectivity index (χ0v) is 20.6. The predicted molar refractivity (Wildman–Crippen MR) is 135 cm³/mol. The third-order valence-corrected chi connectivity index (χ3v) is 8.42. The Morgan fingerprint density at radius 3 is 2.54 bits per heavy atom. The number of aliphatic hydroxyl groups is 1. The monoisotopic (exact) mass is 502 g/mol. The lowest BCUT2D eigenvalue weighted by atomic mass is 9.71. The van der Waals surface area contributed by atoms with Crippen LogP contribution in [0.4, 0.5) is 5.69 Å². The smallest absolute Gasteiger partial charge is 0.255 e. The van der Waals surface area contributed by atoms with E-state index in [4.69, 9.17) is 0 Å². The Bertz CT molecular complexity index is 1290. The van der Waals surface area contributed by atoms with Gasteiger partial charge in [0.1, 0.15) is 6.04 Å². The summed E-state index contributed by atoms with van der Waals surface area (Å²) in [6.07, 6.45) is 2.44. The van der Waals surface area contributed by atoms with Crippen LogP contribution >= 0.6 is 0 Å². The van der Waals surface area contributed by atoms with Crippen molar-refractivity contribution in [2.75, 3.05) is 31.1 Å². The summed E-state index contributed by atoms with van der Waals surface area (Å²) in [7, 11) is 0. The number of hydrogen-bond acceptors (Lipinski definition) is 6. The number of anilines is 1. The molecule has 192 valence electrons. The molecule has 6 rings (SSSR count). The molecular weight excluding hydrogens is 472 g/mol. The summed E-state index contributed by atoms with van der Waals surface area (Å²) in [6, 6.07) is 12.3. The fourth-order valence-corrected chi connectivity index (χ4v) is 6.28. The maximum absolute atomic E-state index is 13.1. The minimum absolute atomic E-state index is 0.00858. The van der Waals surface area contributed by atoms with Crippen LogP contribution < -0.4 is 10.2 Å². The van der Waals surface area contributed by atoms with Gasteiger partial charge in [-0.3, -0.25) is 24.5 Å². The van der Waals surface area contributed by atoms with E-state index in [1.165, 1.54) is 0 Å². The second-order valence-corrected chi connectivity index (χ2v) is 10.7. The van der Waals surface area contributed by atoms with Crippen LogP contribution in [0.5, 0.6) is 0 Å². The molecule has 4 aliphatic heterocycles. The number of fused-ring (bicyclic) bond motifs is 1. The number of nitrogens with one attached hydrogen (secondary N) is 1. The van der Waals surface area contributed by atoms with Gasteiger partial charge >= 0.3 is 0 Å². The second-order valence-electron chi connectivity index (χ2n) is 10.7. The lowest BCUT2D eigenvalue weighted by Crippen LogP contribution is -2.61. The molecule has 9 heteroatoms. The lowest BCUT2D eigenvalue weighted by molar-refractivity contribution is -0.136. The summed E-state index contributed by atoms with van der Waals surface area (Å²) >= 11 is 0. The van der Waals surface area contributed by atoms with Crippen molar-refractivity contribution in [1.82, 2.24) is 15.1 Å². The summed E-state index contributed by atoms with van der Waals surface area (Å²) < 4.78 is 0. The first-order valence-electron chi connectivity index (χ1n) is 12.9. The normalized spacial score (nSPS) is 22.7. The molecule has 1 atom stereocenters. The summed E-state index contributed by atoms with van der Waals surface area (Å²) in [5.41, 5.74) is 4.11. The first-order chi connectivity index (χ1) is 17.9. The number of benzene rings is 2. The maximum Gasteiger partial charge on any atom is 0.255 e. The van der Waals surface area contributed by atoms with Crippen molar-refractivity contribution in [3.8, 4) is 0 Å². The van der Waals surface area contributed by atoms with E-state index in [2.05, 4.69) is 10.2 Å². The van der Waals surface area contributed by atoms with Crippen LogP contribution in [0.25, 0.3) is 0 Å². The number of carbonyl (C=O) groups is 4. The van der Waals surface area contributed by atoms with Crippen molar-refractivity contribution < 1.29 is 24.3 Å². The number of piperidine rings is 2. The maximum atomic E-state index is 13.1. The molecule has 0 aliphatic carbocycles. The minimum Gasteiger partial charge on any atom is -0.392 e. The van der Waals surface area contributed by atoms with Gasteiger partial charge in [0.05, 0.1) is 6.61 Å². The molecule has 1 spiro atoms. The van der Waals surface area contributed by atoms with E-state index in [0.29, 0.717) is 37.2 Å². The largest absolute Gasteiger partial charge is 0.392 e. The van der Waals surface area contributed by atoms with Crippen molar-refractivity contribution in [1.29, 1.82) is 0 Å². The van der Waals surface area contributed by atoms with Crippen molar-refractivity contribution in [2.24, 2.45) is 5.41 Å². The Kier molecular flexibility index (Phi) is 5.75. The molecule has 37 heavy (non-hydrogen) atoms. The first kappa shape index (κ1) is 23.7. The van der Waals surface area contributed by atoms with Crippen LogP contribution in [0.1, 0.15) is 57.5 Å². The quantitative estimate of drug-likeness (QED) is 0.616. The molecule has 2 N–H and O–H groups in total. The summed E-state index contributed by atoms with van der Waals surface area (Å²) in [5.74, 6) is -0.831. The summed E-state index contributed by atoms with van der Waals surface area (Å²) in [4.78, 5) is 55.9. The Labute approximate surface area is 215 Å². The Hall–Kier alpha value is -3.72. The van der Waals surface area contributed by atoms with Gasteiger partial charge in [-0.05, 0) is 49.1 Å². The molecule has 0 saturated carbocycles. The van der Waals surface area contributed by atoms with E-state index < -0.39 is 11.9 Å². The van der Waals surface area contributed by atoms with Gasteiger partial charge in [0.15, 0.2) is 0 Å². The number of likely N-dealkylation sites (tertiary alicyclic amines) is 1. The highest BCUT2D eigenvalue weighted by Crippen LogP contribution is 2.45. The molecule has 4 aliphatic rings. The molecule has 3 fully saturated rings. The molecule has 2 aromatic carbocycles. The number of rotatable bonds is 4. The average Bonchev–Trinajstić information content (AvgIpc) is 3.23. The van der Waals surface area contributed by atoms with Gasteiger partial charge in [-0.2, -0.15) is 0 Å². The standard InChI is InChI=1S/C28H30N4O5/c33-15-18-3-1-4-19(13-18)26(36)30-11-9-28(10-12-30)16-31(17-28)22-6-2-5-20-21(22)14-32(27(20)37)23-7-8-24(34)29-25(23)35/h1-6,13,23,33H,7-12,14-17H2,(H,29,34,35). The van der Waals surface area contributed by atoms with Crippen LogP contribution in [0.15, 0.2) is 42.5 Å². The summed E-state index contributed by atoms with van der Waals surface area (Å²) in [6.45, 7) is 3.43. The predicted octanol–water partition coefficient (Wildman–Crippen LogP) is 1.68. The van der Waals surface area contributed by atoms with Gasteiger partial charge in [0.25, 0.3) is 11.8 Å². The lowest BCUT2D eigenvalue weighted by Gasteiger charge is -2.55. The van der Waals surface area contributed by atoms with E-state index in [1.54, 1.807) is 23.1 Å². The van der Waals surface area contributed by atoms with Crippen LogP contribution in [0, 0.1) is 5.41 Å². The molecule has 0 radical (unpaired) electrons. The van der Waals surface area contributed by atoms with Crippen molar-refractivity contribution in [2.45, 2.75) is 44.9 Å². The number of amides is 4. The number of aliphatic hydroxyl groups excluding tert-OH is 1. The molecule has 3 saturated heterocycles. The zero-order valence-electron chi connectivity index (χ0n) is 20.6. The second kappa shape index (κ2) is 8.99. The van der Waals surface area contributed by atoms with Crippen LogP contribution in [-0.2, 0) is 22.7 Å². The molecule has 2 aromatic rings. The van der Waals surface area contributed by atoms with Gasteiger partial charge in [-0.1, -0.05) is 18.2 Å². The van der Waals surface area contributed by atoms with Crippen LogP contribution in [-0.4, -0.2) is 70.8 Å². The summed E-state index contributed by atoms with van der Waals surface area (Å²) in [5, 5.41) is 11.7. The van der Waals surface area contributed by atoms with E-state index in [-0.39, 0.29) is 36.2 Å². The molecule has 0 bridgehead atoms. The Morgan fingerprint density at radius 1 is 1.05 bits per heavy atom.